The van der Waals surface area contributed by atoms with Gasteiger partial charge in [-0.3, -0.25) is 4.79 Å². The Bertz CT molecular complexity index is 1080. The van der Waals surface area contributed by atoms with E-state index >= 15 is 0 Å². The molecule has 0 aromatic heterocycles. The second-order valence-corrected chi connectivity index (χ2v) is 10.2. The summed E-state index contributed by atoms with van der Waals surface area (Å²) in [5.74, 6) is -1.94. The molecule has 35 heavy (non-hydrogen) atoms. The third-order valence-corrected chi connectivity index (χ3v) is 7.60. The van der Waals surface area contributed by atoms with Crippen LogP contribution in [0.15, 0.2) is 48.5 Å². The topological polar surface area (TPSA) is 95.9 Å². The van der Waals surface area contributed by atoms with Crippen molar-refractivity contribution in [1.82, 2.24) is 10.2 Å². The number of nitrogens with one attached hydrogen (secondary N) is 1. The summed E-state index contributed by atoms with van der Waals surface area (Å²) in [4.78, 5) is 39.6. The molecule has 1 aliphatic heterocycles. The minimum absolute atomic E-state index is 0.0492. The number of benzene rings is 2. The minimum atomic E-state index is -1.21. The molecule has 0 radical (unpaired) electrons. The molecule has 4 rings (SSSR count). The maximum absolute atomic E-state index is 13.4. The molecular formula is C28H34N2O5. The lowest BCUT2D eigenvalue weighted by Crippen LogP contribution is -2.56. The Morgan fingerprint density at radius 2 is 1.63 bits per heavy atom. The molecule has 1 fully saturated rings. The molecule has 2 aliphatic rings. The van der Waals surface area contributed by atoms with Gasteiger partial charge in [-0.15, -0.1) is 0 Å². The SMILES string of the molecule is CC(C)C(C(=O)N1CCC[C@]1(C)C(=O)O)C(C)NC(=O)OCC1c2ccccc2-c2ccccc21. The number of amides is 2. The maximum atomic E-state index is 13.4. The number of carbonyl (C=O) groups is 3. The van der Waals surface area contributed by atoms with E-state index in [0.717, 1.165) is 22.3 Å². The molecule has 2 aromatic rings. The quantitative estimate of drug-likeness (QED) is 0.604. The van der Waals surface area contributed by atoms with Gasteiger partial charge in [0.15, 0.2) is 0 Å². The first-order valence-corrected chi connectivity index (χ1v) is 12.3. The van der Waals surface area contributed by atoms with E-state index in [1.165, 1.54) is 4.90 Å². The molecular weight excluding hydrogens is 444 g/mol. The lowest BCUT2D eigenvalue weighted by atomic mass is 9.86. The lowest BCUT2D eigenvalue weighted by molar-refractivity contribution is -0.158. The van der Waals surface area contributed by atoms with Crippen LogP contribution in [0.25, 0.3) is 11.1 Å². The van der Waals surface area contributed by atoms with E-state index in [1.54, 1.807) is 13.8 Å². The van der Waals surface area contributed by atoms with E-state index < -0.39 is 29.6 Å². The Labute approximate surface area is 206 Å². The van der Waals surface area contributed by atoms with Crippen molar-refractivity contribution in [2.45, 2.75) is 58.0 Å². The molecule has 2 N–H and O–H groups in total. The molecule has 7 nitrogen and oxygen atoms in total. The summed E-state index contributed by atoms with van der Waals surface area (Å²) in [5.41, 5.74) is 3.36. The highest BCUT2D eigenvalue weighted by Gasteiger charge is 2.48. The third kappa shape index (κ3) is 4.51. The summed E-state index contributed by atoms with van der Waals surface area (Å²) < 4.78 is 5.66. The van der Waals surface area contributed by atoms with Crippen molar-refractivity contribution in [3.05, 3.63) is 59.7 Å². The number of nitrogens with zero attached hydrogens (tertiary/aromatic N) is 1. The number of carbonyl (C=O) groups excluding carboxylic acids is 2. The van der Waals surface area contributed by atoms with Crippen LogP contribution >= 0.6 is 0 Å². The Kier molecular flexibility index (Phi) is 6.88. The van der Waals surface area contributed by atoms with Gasteiger partial charge in [0, 0.05) is 18.5 Å². The number of ether oxygens (including phenoxy) is 1. The summed E-state index contributed by atoms with van der Waals surface area (Å²) in [6.45, 7) is 7.79. The predicted molar refractivity (Wildman–Crippen MR) is 133 cm³/mol. The van der Waals surface area contributed by atoms with Crippen molar-refractivity contribution in [3.8, 4) is 11.1 Å². The van der Waals surface area contributed by atoms with Crippen LogP contribution in [0.3, 0.4) is 0 Å². The number of rotatable bonds is 7. The molecule has 7 heteroatoms. The fraction of sp³-hybridized carbons (Fsp3) is 0.464. The number of fused-ring (bicyclic) bond motifs is 3. The molecule has 1 saturated heterocycles. The van der Waals surface area contributed by atoms with Crippen molar-refractivity contribution in [1.29, 1.82) is 0 Å². The minimum Gasteiger partial charge on any atom is -0.480 e. The first kappa shape index (κ1) is 24.8. The van der Waals surface area contributed by atoms with Crippen LogP contribution in [0.1, 0.15) is 57.6 Å². The first-order valence-electron chi connectivity index (χ1n) is 12.3. The molecule has 1 aliphatic carbocycles. The van der Waals surface area contributed by atoms with E-state index in [2.05, 4.69) is 29.6 Å². The van der Waals surface area contributed by atoms with Gasteiger partial charge in [-0.1, -0.05) is 62.4 Å². The Morgan fingerprint density at radius 3 is 2.17 bits per heavy atom. The normalized spacial score (nSPS) is 20.8. The Morgan fingerprint density at radius 1 is 1.06 bits per heavy atom. The molecule has 2 amide bonds. The molecule has 0 bridgehead atoms. The number of hydrogen-bond acceptors (Lipinski definition) is 4. The number of aliphatic carboxylic acids is 1. The molecule has 0 saturated carbocycles. The van der Waals surface area contributed by atoms with Crippen molar-refractivity contribution in [2.75, 3.05) is 13.2 Å². The van der Waals surface area contributed by atoms with Crippen LogP contribution < -0.4 is 5.32 Å². The van der Waals surface area contributed by atoms with Crippen LogP contribution in [-0.2, 0) is 14.3 Å². The summed E-state index contributed by atoms with van der Waals surface area (Å²) in [6, 6.07) is 15.8. The van der Waals surface area contributed by atoms with Crippen molar-refractivity contribution in [2.24, 2.45) is 11.8 Å². The summed E-state index contributed by atoms with van der Waals surface area (Å²) in [5, 5.41) is 12.6. The summed E-state index contributed by atoms with van der Waals surface area (Å²) in [6.07, 6.45) is 0.487. The van der Waals surface area contributed by atoms with Gasteiger partial charge in [0.25, 0.3) is 0 Å². The van der Waals surface area contributed by atoms with Gasteiger partial charge in [-0.25, -0.2) is 9.59 Å². The number of likely N-dealkylation sites (tertiary alicyclic amines) is 1. The van der Waals surface area contributed by atoms with Gasteiger partial charge in [-0.05, 0) is 54.9 Å². The molecule has 0 spiro atoms. The van der Waals surface area contributed by atoms with Gasteiger partial charge >= 0.3 is 12.1 Å². The van der Waals surface area contributed by atoms with E-state index in [4.69, 9.17) is 4.74 Å². The second kappa shape index (κ2) is 9.72. The zero-order valence-electron chi connectivity index (χ0n) is 20.8. The van der Waals surface area contributed by atoms with E-state index in [9.17, 15) is 19.5 Å². The number of carboxylic acid groups (broad SMARTS) is 1. The van der Waals surface area contributed by atoms with Crippen LogP contribution in [-0.4, -0.2) is 52.7 Å². The first-order chi connectivity index (χ1) is 16.6. The zero-order chi connectivity index (χ0) is 25.3. The highest BCUT2D eigenvalue weighted by atomic mass is 16.5. The molecule has 3 atom stereocenters. The van der Waals surface area contributed by atoms with Crippen LogP contribution in [0.4, 0.5) is 4.79 Å². The largest absolute Gasteiger partial charge is 0.480 e. The van der Waals surface area contributed by atoms with Gasteiger partial charge < -0.3 is 20.1 Å². The Hall–Kier alpha value is -3.35. The Balaban J connectivity index is 1.43. The van der Waals surface area contributed by atoms with Crippen molar-refractivity contribution in [3.63, 3.8) is 0 Å². The van der Waals surface area contributed by atoms with Crippen LogP contribution in [0, 0.1) is 11.8 Å². The smallest absolute Gasteiger partial charge is 0.407 e. The second-order valence-electron chi connectivity index (χ2n) is 10.2. The van der Waals surface area contributed by atoms with Crippen LogP contribution in [0.2, 0.25) is 0 Å². The van der Waals surface area contributed by atoms with Crippen LogP contribution in [0.5, 0.6) is 0 Å². The average molecular weight is 479 g/mol. The summed E-state index contributed by atoms with van der Waals surface area (Å²) >= 11 is 0. The monoisotopic (exact) mass is 478 g/mol. The van der Waals surface area contributed by atoms with E-state index in [0.29, 0.717) is 19.4 Å². The molecule has 1 heterocycles. The van der Waals surface area contributed by atoms with E-state index in [1.807, 2.05) is 38.1 Å². The number of alkyl carbamates (subject to hydrolysis) is 1. The third-order valence-electron chi connectivity index (χ3n) is 7.60. The summed E-state index contributed by atoms with van der Waals surface area (Å²) in [7, 11) is 0. The maximum Gasteiger partial charge on any atom is 0.407 e. The fourth-order valence-corrected chi connectivity index (χ4v) is 5.71. The molecule has 2 unspecified atom stereocenters. The highest BCUT2D eigenvalue weighted by molar-refractivity contribution is 5.89. The van der Waals surface area contributed by atoms with Gasteiger partial charge in [0.1, 0.15) is 12.1 Å². The highest BCUT2D eigenvalue weighted by Crippen LogP contribution is 2.44. The van der Waals surface area contributed by atoms with Gasteiger partial charge in [0.05, 0.1) is 5.92 Å². The van der Waals surface area contributed by atoms with Crippen molar-refractivity contribution >= 4 is 18.0 Å². The van der Waals surface area contributed by atoms with Gasteiger partial charge in [-0.2, -0.15) is 0 Å². The predicted octanol–water partition coefficient (Wildman–Crippen LogP) is 4.65. The van der Waals surface area contributed by atoms with E-state index in [-0.39, 0.29) is 24.3 Å². The standard InChI is InChI=1S/C28H34N2O5/c1-17(2)24(25(31)30-15-9-14-28(30,4)26(32)33)18(3)29-27(34)35-16-23-21-12-7-5-10-19(21)20-11-6-8-13-22(20)23/h5-8,10-13,17-18,23-24H,9,14-16H2,1-4H3,(H,29,34)(H,32,33)/t18?,24?,28-/m1/s1. The average Bonchev–Trinajstić information content (AvgIpc) is 3.36. The zero-order valence-corrected chi connectivity index (χ0v) is 20.8. The number of hydrogen-bond donors (Lipinski definition) is 2. The van der Waals surface area contributed by atoms with Crippen molar-refractivity contribution < 1.29 is 24.2 Å². The molecule has 186 valence electrons. The fourth-order valence-electron chi connectivity index (χ4n) is 5.71. The lowest BCUT2D eigenvalue weighted by Gasteiger charge is -2.37. The van der Waals surface area contributed by atoms with Gasteiger partial charge in [0.2, 0.25) is 5.91 Å². The molecule has 2 aromatic carbocycles. The number of carboxylic acids is 1.